The van der Waals surface area contributed by atoms with Gasteiger partial charge in [0.1, 0.15) is 0 Å². The van der Waals surface area contributed by atoms with E-state index in [0.717, 1.165) is 16.6 Å². The molecule has 2 N–H and O–H groups in total. The smallest absolute Gasteiger partial charge is 0.275 e. The molecule has 0 atom stereocenters. The van der Waals surface area contributed by atoms with E-state index in [2.05, 4.69) is 20.4 Å². The summed E-state index contributed by atoms with van der Waals surface area (Å²) in [5.41, 5.74) is 1.82. The van der Waals surface area contributed by atoms with Gasteiger partial charge >= 0.3 is 0 Å². The Kier molecular flexibility index (Phi) is 2.33. The summed E-state index contributed by atoms with van der Waals surface area (Å²) in [6, 6.07) is 9.37. The second kappa shape index (κ2) is 4.17. The topological polar surface area (TPSA) is 75.1 Å². The fourth-order valence-electron chi connectivity index (χ4n) is 2.05. The minimum absolute atomic E-state index is 0.180. The van der Waals surface area contributed by atoms with Crippen LogP contribution in [0.5, 0.6) is 0 Å². The van der Waals surface area contributed by atoms with Crippen molar-refractivity contribution in [2.75, 3.05) is 5.32 Å². The maximum absolute atomic E-state index is 11.6. The largest absolute Gasteiger partial charge is 0.361 e. The highest BCUT2D eigenvalue weighted by molar-refractivity contribution is 7.20. The van der Waals surface area contributed by atoms with Crippen LogP contribution in [0.2, 0.25) is 0 Å². The Hall–Kier alpha value is -2.67. The highest BCUT2D eigenvalue weighted by atomic mass is 32.1. The van der Waals surface area contributed by atoms with Gasteiger partial charge in [0, 0.05) is 35.1 Å². The molecule has 0 aliphatic rings. The molecule has 98 valence electrons. The Bertz CT molecular complexity index is 967. The van der Waals surface area contributed by atoms with Crippen molar-refractivity contribution in [2.45, 2.75) is 0 Å². The summed E-state index contributed by atoms with van der Waals surface area (Å²) >= 11 is 1.34. The van der Waals surface area contributed by atoms with Crippen molar-refractivity contribution in [3.63, 3.8) is 0 Å². The molecule has 1 aromatic carbocycles. The molecule has 0 spiro atoms. The Balaban J connectivity index is 1.76. The van der Waals surface area contributed by atoms with Crippen molar-refractivity contribution in [3.05, 3.63) is 53.1 Å². The normalized spacial score (nSPS) is 11.2. The first kappa shape index (κ1) is 11.2. The molecular formula is C13H9N5OS. The number of rotatable bonds is 2. The zero-order chi connectivity index (χ0) is 13.5. The van der Waals surface area contributed by atoms with Crippen molar-refractivity contribution in [2.24, 2.45) is 0 Å². The van der Waals surface area contributed by atoms with Gasteiger partial charge in [-0.2, -0.15) is 4.52 Å². The van der Waals surface area contributed by atoms with E-state index in [1.54, 1.807) is 0 Å². The summed E-state index contributed by atoms with van der Waals surface area (Å²) in [5.74, 6) is 0. The van der Waals surface area contributed by atoms with E-state index in [-0.39, 0.29) is 5.56 Å². The van der Waals surface area contributed by atoms with Gasteiger partial charge in [-0.15, -0.1) is 5.10 Å². The Morgan fingerprint density at radius 2 is 2.20 bits per heavy atom. The average molecular weight is 283 g/mol. The van der Waals surface area contributed by atoms with Crippen LogP contribution in [0.25, 0.3) is 15.9 Å². The van der Waals surface area contributed by atoms with Gasteiger partial charge in [0.15, 0.2) is 0 Å². The van der Waals surface area contributed by atoms with Crippen molar-refractivity contribution >= 4 is 38.0 Å². The zero-order valence-corrected chi connectivity index (χ0v) is 11.0. The molecule has 4 rings (SSSR count). The van der Waals surface area contributed by atoms with Gasteiger partial charge in [-0.05, 0) is 24.3 Å². The van der Waals surface area contributed by atoms with E-state index in [0.29, 0.717) is 10.1 Å². The lowest BCUT2D eigenvalue weighted by molar-refractivity contribution is 0.903. The van der Waals surface area contributed by atoms with Crippen LogP contribution >= 0.6 is 11.3 Å². The van der Waals surface area contributed by atoms with Crippen LogP contribution in [0.15, 0.2) is 47.5 Å². The monoisotopic (exact) mass is 283 g/mol. The van der Waals surface area contributed by atoms with Gasteiger partial charge < -0.3 is 10.3 Å². The average Bonchev–Trinajstić information content (AvgIpc) is 3.05. The summed E-state index contributed by atoms with van der Waals surface area (Å²) in [5, 5.41) is 9.16. The highest BCUT2D eigenvalue weighted by Gasteiger charge is 2.06. The number of nitrogens with one attached hydrogen (secondary N) is 2. The Morgan fingerprint density at radius 3 is 3.10 bits per heavy atom. The maximum Gasteiger partial charge on any atom is 0.275 e. The first-order chi connectivity index (χ1) is 9.79. The predicted octanol–water partition coefficient (Wildman–Crippen LogP) is 2.38. The number of aromatic amines is 1. The summed E-state index contributed by atoms with van der Waals surface area (Å²) in [6.45, 7) is 0. The minimum atomic E-state index is -0.180. The molecule has 20 heavy (non-hydrogen) atoms. The van der Waals surface area contributed by atoms with Gasteiger partial charge in [-0.1, -0.05) is 11.3 Å². The number of H-pyrrole nitrogens is 1. The molecule has 6 nitrogen and oxygen atoms in total. The minimum Gasteiger partial charge on any atom is -0.361 e. The summed E-state index contributed by atoms with van der Waals surface area (Å²) in [6.07, 6.45) is 3.39. The van der Waals surface area contributed by atoms with Crippen LogP contribution in [-0.2, 0) is 0 Å². The van der Waals surface area contributed by atoms with E-state index >= 15 is 0 Å². The number of hydrogen-bond donors (Lipinski definition) is 2. The third-order valence-corrected chi connectivity index (χ3v) is 3.81. The summed E-state index contributed by atoms with van der Waals surface area (Å²) < 4.78 is 1.29. The van der Waals surface area contributed by atoms with Crippen molar-refractivity contribution in [1.29, 1.82) is 0 Å². The van der Waals surface area contributed by atoms with E-state index in [1.807, 2.05) is 30.5 Å². The van der Waals surface area contributed by atoms with Gasteiger partial charge in [0.25, 0.3) is 5.56 Å². The maximum atomic E-state index is 11.6. The molecule has 0 amide bonds. The lowest BCUT2D eigenvalue weighted by Crippen LogP contribution is -2.12. The van der Waals surface area contributed by atoms with E-state index < -0.39 is 0 Å². The molecule has 0 saturated carbocycles. The number of nitrogens with zero attached hydrogens (tertiary/aromatic N) is 3. The fourth-order valence-corrected chi connectivity index (χ4v) is 2.84. The third kappa shape index (κ3) is 1.76. The number of hydrogen-bond acceptors (Lipinski definition) is 5. The molecule has 0 radical (unpaired) electrons. The Morgan fingerprint density at radius 1 is 1.25 bits per heavy atom. The molecule has 7 heteroatoms. The molecule has 4 aromatic rings. The van der Waals surface area contributed by atoms with Crippen LogP contribution in [0.3, 0.4) is 0 Å². The summed E-state index contributed by atoms with van der Waals surface area (Å²) in [7, 11) is 0. The van der Waals surface area contributed by atoms with Gasteiger partial charge in [0.2, 0.25) is 10.1 Å². The predicted molar refractivity (Wildman–Crippen MR) is 78.7 cm³/mol. The van der Waals surface area contributed by atoms with Crippen molar-refractivity contribution in [3.8, 4) is 0 Å². The molecule has 0 aliphatic carbocycles. The lowest BCUT2D eigenvalue weighted by Gasteiger charge is -2.01. The second-order valence-electron chi connectivity index (χ2n) is 4.29. The molecule has 0 aliphatic heterocycles. The van der Waals surface area contributed by atoms with E-state index in [1.165, 1.54) is 28.1 Å². The Labute approximate surface area is 116 Å². The quantitative estimate of drug-likeness (QED) is 0.592. The number of anilines is 2. The van der Waals surface area contributed by atoms with Crippen LogP contribution in [-0.4, -0.2) is 19.6 Å². The number of benzene rings is 1. The van der Waals surface area contributed by atoms with Crippen molar-refractivity contribution < 1.29 is 0 Å². The standard InChI is InChI=1S/C13H9N5OS/c19-11-4-6-15-13-18(11)17-12(20-13)16-9-1-2-10-8(7-9)3-5-14-10/h1-7,14H,(H,16,17). The molecular weight excluding hydrogens is 274 g/mol. The van der Waals surface area contributed by atoms with Crippen LogP contribution in [0.1, 0.15) is 0 Å². The van der Waals surface area contributed by atoms with Gasteiger partial charge in [-0.25, -0.2) is 4.98 Å². The molecule has 0 bridgehead atoms. The number of fused-ring (bicyclic) bond motifs is 2. The summed E-state index contributed by atoms with van der Waals surface area (Å²) in [4.78, 5) is 19.5. The first-order valence-corrected chi connectivity index (χ1v) is 6.80. The molecule has 3 aromatic heterocycles. The van der Waals surface area contributed by atoms with Gasteiger partial charge in [0.05, 0.1) is 0 Å². The molecule has 0 unspecified atom stereocenters. The first-order valence-electron chi connectivity index (χ1n) is 5.99. The third-order valence-electron chi connectivity index (χ3n) is 2.98. The highest BCUT2D eigenvalue weighted by Crippen LogP contribution is 2.24. The lowest BCUT2D eigenvalue weighted by atomic mass is 10.2. The van der Waals surface area contributed by atoms with Gasteiger partial charge in [-0.3, -0.25) is 4.79 Å². The van der Waals surface area contributed by atoms with Crippen molar-refractivity contribution in [1.82, 2.24) is 19.6 Å². The second-order valence-corrected chi connectivity index (χ2v) is 5.25. The zero-order valence-electron chi connectivity index (χ0n) is 10.2. The molecule has 3 heterocycles. The van der Waals surface area contributed by atoms with Crippen LogP contribution < -0.4 is 10.9 Å². The SMILES string of the molecule is O=c1ccnc2sc(Nc3ccc4[nH]ccc4c3)nn12. The molecule has 0 saturated heterocycles. The fraction of sp³-hybridized carbons (Fsp3) is 0. The van der Waals surface area contributed by atoms with Crippen LogP contribution in [0, 0.1) is 0 Å². The van der Waals surface area contributed by atoms with E-state index in [9.17, 15) is 4.79 Å². The number of aromatic nitrogens is 4. The molecule has 0 fully saturated rings. The van der Waals surface area contributed by atoms with E-state index in [4.69, 9.17) is 0 Å². The van der Waals surface area contributed by atoms with Crippen LogP contribution in [0.4, 0.5) is 10.8 Å².